The second-order valence-corrected chi connectivity index (χ2v) is 4.91. The van der Waals surface area contributed by atoms with Crippen molar-refractivity contribution < 1.29 is 13.9 Å². The summed E-state index contributed by atoms with van der Waals surface area (Å²) in [5, 5.41) is 8.72. The van der Waals surface area contributed by atoms with E-state index in [1.165, 1.54) is 0 Å². The number of hydrogen-bond acceptors (Lipinski definition) is 5. The van der Waals surface area contributed by atoms with E-state index in [0.29, 0.717) is 26.2 Å². The minimum absolute atomic E-state index is 0.00385. The van der Waals surface area contributed by atoms with Crippen molar-refractivity contribution in [3.63, 3.8) is 0 Å². The highest BCUT2D eigenvalue weighted by Crippen LogP contribution is 2.19. The Kier molecular flexibility index (Phi) is 6.33. The first-order chi connectivity index (χ1) is 11.2. The molecule has 23 heavy (non-hydrogen) atoms. The minimum Gasteiger partial charge on any atom is -0.476 e. The van der Waals surface area contributed by atoms with E-state index in [4.69, 9.17) is 20.5 Å². The molecule has 0 atom stereocenters. The van der Waals surface area contributed by atoms with E-state index in [2.05, 4.69) is 4.98 Å². The fourth-order valence-corrected chi connectivity index (χ4v) is 1.92. The first kappa shape index (κ1) is 16.7. The van der Waals surface area contributed by atoms with Gasteiger partial charge < -0.3 is 15.2 Å². The molecule has 2 rings (SSSR count). The van der Waals surface area contributed by atoms with Gasteiger partial charge in [-0.3, -0.25) is 0 Å². The summed E-state index contributed by atoms with van der Waals surface area (Å²) in [6, 6.07) is 12.7. The highest BCUT2D eigenvalue weighted by molar-refractivity contribution is 5.50. The van der Waals surface area contributed by atoms with Crippen molar-refractivity contribution >= 4 is 5.82 Å². The Morgan fingerprint density at radius 3 is 2.65 bits per heavy atom. The van der Waals surface area contributed by atoms with Gasteiger partial charge in [-0.2, -0.15) is 10.2 Å². The number of nitrogens with two attached hydrogens (primary N) is 1. The Balaban J connectivity index is 1.64. The van der Waals surface area contributed by atoms with Crippen LogP contribution in [0, 0.1) is 17.1 Å². The topological polar surface area (TPSA) is 81.2 Å². The van der Waals surface area contributed by atoms with E-state index >= 15 is 0 Å². The number of anilines is 1. The smallest absolute Gasteiger partial charge is 0.252 e. The average Bonchev–Trinajstić information content (AvgIpc) is 2.57. The monoisotopic (exact) mass is 315 g/mol. The Hall–Kier alpha value is -2.65. The molecule has 2 aromatic rings. The van der Waals surface area contributed by atoms with E-state index in [-0.39, 0.29) is 17.3 Å². The first-order valence-electron chi connectivity index (χ1n) is 7.31. The third-order valence-corrected chi connectivity index (χ3v) is 3.13. The SMILES string of the molecule is N#Cc1cc(F)c(OCCCCOCc2ccccc2)nc1N. The van der Waals surface area contributed by atoms with Crippen LogP contribution in [0.3, 0.4) is 0 Å². The molecule has 1 aromatic carbocycles. The molecule has 0 spiro atoms. The predicted octanol–water partition coefficient (Wildman–Crippen LogP) is 3.05. The van der Waals surface area contributed by atoms with Crippen LogP contribution in [0.4, 0.5) is 10.2 Å². The maximum Gasteiger partial charge on any atom is 0.252 e. The zero-order valence-corrected chi connectivity index (χ0v) is 12.7. The molecule has 0 radical (unpaired) electrons. The normalized spacial score (nSPS) is 10.3. The summed E-state index contributed by atoms with van der Waals surface area (Å²) in [6.45, 7) is 1.48. The maximum atomic E-state index is 13.6. The average molecular weight is 315 g/mol. The van der Waals surface area contributed by atoms with Crippen LogP contribution in [0.5, 0.6) is 5.88 Å². The summed E-state index contributed by atoms with van der Waals surface area (Å²) in [5.74, 6) is -0.891. The molecule has 5 nitrogen and oxygen atoms in total. The molecule has 1 aromatic heterocycles. The highest BCUT2D eigenvalue weighted by atomic mass is 19.1. The minimum atomic E-state index is -0.684. The number of halogens is 1. The molecule has 1 heterocycles. The lowest BCUT2D eigenvalue weighted by Crippen LogP contribution is -2.06. The van der Waals surface area contributed by atoms with Gasteiger partial charge in [0, 0.05) is 12.7 Å². The third-order valence-electron chi connectivity index (χ3n) is 3.13. The Morgan fingerprint density at radius 2 is 1.91 bits per heavy atom. The maximum absolute atomic E-state index is 13.6. The fraction of sp³-hybridized carbons (Fsp3) is 0.294. The zero-order chi connectivity index (χ0) is 16.5. The zero-order valence-electron chi connectivity index (χ0n) is 12.7. The van der Waals surface area contributed by atoms with Gasteiger partial charge in [-0.15, -0.1) is 0 Å². The number of pyridine rings is 1. The molecule has 120 valence electrons. The van der Waals surface area contributed by atoms with Crippen LogP contribution in [-0.4, -0.2) is 18.2 Å². The van der Waals surface area contributed by atoms with Crippen LogP contribution >= 0.6 is 0 Å². The van der Waals surface area contributed by atoms with E-state index in [1.807, 2.05) is 30.3 Å². The van der Waals surface area contributed by atoms with Gasteiger partial charge in [0.05, 0.1) is 18.8 Å². The van der Waals surface area contributed by atoms with E-state index in [1.54, 1.807) is 6.07 Å². The molecule has 0 aliphatic rings. The van der Waals surface area contributed by atoms with Gasteiger partial charge in [0.1, 0.15) is 11.9 Å². The lowest BCUT2D eigenvalue weighted by Gasteiger charge is -2.08. The number of nitrogen functional groups attached to an aromatic ring is 1. The van der Waals surface area contributed by atoms with Crippen molar-refractivity contribution in [1.29, 1.82) is 5.26 Å². The van der Waals surface area contributed by atoms with Crippen molar-refractivity contribution in [2.24, 2.45) is 0 Å². The highest BCUT2D eigenvalue weighted by Gasteiger charge is 2.10. The third kappa shape index (κ3) is 5.24. The van der Waals surface area contributed by atoms with Crippen LogP contribution in [0.15, 0.2) is 36.4 Å². The summed E-state index contributed by atoms with van der Waals surface area (Å²) in [4.78, 5) is 3.74. The van der Waals surface area contributed by atoms with Gasteiger partial charge in [-0.05, 0) is 18.4 Å². The molecule has 0 saturated heterocycles. The number of hydrogen-bond donors (Lipinski definition) is 1. The standard InChI is InChI=1S/C17H18FN3O2/c18-15-10-14(11-19)16(20)21-17(15)23-9-5-4-8-22-12-13-6-2-1-3-7-13/h1-3,6-7,10H,4-5,8-9,12H2,(H2,20,21). The molecule has 0 saturated carbocycles. The number of benzene rings is 1. The van der Waals surface area contributed by atoms with Gasteiger partial charge in [-0.25, -0.2) is 4.39 Å². The lowest BCUT2D eigenvalue weighted by atomic mass is 10.2. The number of unbranched alkanes of at least 4 members (excludes halogenated alkanes) is 1. The van der Waals surface area contributed by atoms with Crippen molar-refractivity contribution in [3.8, 4) is 11.9 Å². The van der Waals surface area contributed by atoms with Crippen molar-refractivity contribution in [1.82, 2.24) is 4.98 Å². The second kappa shape index (κ2) is 8.71. The van der Waals surface area contributed by atoms with E-state index in [9.17, 15) is 4.39 Å². The molecule has 0 bridgehead atoms. The molecule has 0 aliphatic heterocycles. The van der Waals surface area contributed by atoms with Gasteiger partial charge in [0.15, 0.2) is 5.82 Å². The molecule has 0 fully saturated rings. The Morgan fingerprint density at radius 1 is 1.17 bits per heavy atom. The summed E-state index contributed by atoms with van der Waals surface area (Å²) in [5.41, 5.74) is 6.66. The number of aromatic nitrogens is 1. The largest absolute Gasteiger partial charge is 0.476 e. The van der Waals surface area contributed by atoms with Crippen LogP contribution in [-0.2, 0) is 11.3 Å². The molecular formula is C17H18FN3O2. The number of nitrogens with zero attached hydrogens (tertiary/aromatic N) is 2. The van der Waals surface area contributed by atoms with Crippen molar-refractivity contribution in [3.05, 3.63) is 53.3 Å². The molecule has 6 heteroatoms. The van der Waals surface area contributed by atoms with Crippen LogP contribution in [0.2, 0.25) is 0 Å². The number of ether oxygens (including phenoxy) is 2. The van der Waals surface area contributed by atoms with Crippen LogP contribution in [0.1, 0.15) is 24.0 Å². The molecule has 0 unspecified atom stereocenters. The van der Waals surface area contributed by atoms with Gasteiger partial charge in [-0.1, -0.05) is 30.3 Å². The fourth-order valence-electron chi connectivity index (χ4n) is 1.92. The molecule has 0 amide bonds. The Labute approximate surface area is 134 Å². The van der Waals surface area contributed by atoms with Gasteiger partial charge in [0.25, 0.3) is 5.88 Å². The molecular weight excluding hydrogens is 297 g/mol. The summed E-state index contributed by atoms with van der Waals surface area (Å²) < 4.78 is 24.4. The van der Waals surface area contributed by atoms with Crippen LogP contribution in [0.25, 0.3) is 0 Å². The molecule has 0 aliphatic carbocycles. The van der Waals surface area contributed by atoms with E-state index < -0.39 is 5.82 Å². The predicted molar refractivity (Wildman–Crippen MR) is 84.1 cm³/mol. The summed E-state index contributed by atoms with van der Waals surface area (Å²) in [7, 11) is 0. The summed E-state index contributed by atoms with van der Waals surface area (Å²) >= 11 is 0. The molecule has 2 N–H and O–H groups in total. The number of rotatable bonds is 8. The summed E-state index contributed by atoms with van der Waals surface area (Å²) in [6.07, 6.45) is 1.50. The van der Waals surface area contributed by atoms with Gasteiger partial charge in [0.2, 0.25) is 0 Å². The first-order valence-corrected chi connectivity index (χ1v) is 7.31. The van der Waals surface area contributed by atoms with Crippen LogP contribution < -0.4 is 10.5 Å². The van der Waals surface area contributed by atoms with Crippen molar-refractivity contribution in [2.45, 2.75) is 19.4 Å². The number of nitriles is 1. The van der Waals surface area contributed by atoms with E-state index in [0.717, 1.165) is 18.1 Å². The van der Waals surface area contributed by atoms with Gasteiger partial charge >= 0.3 is 0 Å². The van der Waals surface area contributed by atoms with Crippen molar-refractivity contribution in [2.75, 3.05) is 18.9 Å². The second-order valence-electron chi connectivity index (χ2n) is 4.91. The quantitative estimate of drug-likeness (QED) is 0.757. The lowest BCUT2D eigenvalue weighted by molar-refractivity contribution is 0.113. The Bertz CT molecular complexity index is 672.